The van der Waals surface area contributed by atoms with E-state index in [0.717, 1.165) is 29.2 Å². The first kappa shape index (κ1) is 15.2. The molecule has 0 amide bonds. The SMILES string of the molecule is C1CC(N2CCN(CCC34CC5CC(CC(C5)C3)C4)CC2)CN1. The number of nitrogens with zero attached hydrogens (tertiary/aromatic N) is 2. The van der Waals surface area contributed by atoms with E-state index in [0.29, 0.717) is 0 Å². The van der Waals surface area contributed by atoms with E-state index >= 15 is 0 Å². The van der Waals surface area contributed by atoms with Gasteiger partial charge in [-0.1, -0.05) is 0 Å². The summed E-state index contributed by atoms with van der Waals surface area (Å²) in [5, 5.41) is 3.53. The summed E-state index contributed by atoms with van der Waals surface area (Å²) < 4.78 is 0. The summed E-state index contributed by atoms with van der Waals surface area (Å²) in [6.45, 7) is 9.12. The average molecular weight is 318 g/mol. The lowest BCUT2D eigenvalue weighted by Crippen LogP contribution is -2.52. The molecule has 4 aliphatic carbocycles. The first-order valence-electron chi connectivity index (χ1n) is 10.5. The highest BCUT2D eigenvalue weighted by atomic mass is 15.3. The Kier molecular flexibility index (Phi) is 3.95. The van der Waals surface area contributed by atoms with Crippen LogP contribution >= 0.6 is 0 Å². The molecule has 0 aromatic rings. The van der Waals surface area contributed by atoms with E-state index in [-0.39, 0.29) is 0 Å². The minimum atomic E-state index is 0.779. The molecule has 6 rings (SSSR count). The predicted molar refractivity (Wildman–Crippen MR) is 94.5 cm³/mol. The molecule has 1 N–H and O–H groups in total. The third kappa shape index (κ3) is 2.98. The summed E-state index contributed by atoms with van der Waals surface area (Å²) in [5.41, 5.74) is 0.779. The van der Waals surface area contributed by atoms with Gasteiger partial charge in [0.2, 0.25) is 0 Å². The van der Waals surface area contributed by atoms with Crippen LogP contribution < -0.4 is 5.32 Å². The standard InChI is InChI=1S/C20H35N3/c1-3-21-15-19(1)23-7-5-22(6-8-23)4-2-20-12-16-9-17(13-20)11-18(10-16)14-20/h16-19,21H,1-15H2. The molecule has 0 aromatic heterocycles. The topological polar surface area (TPSA) is 18.5 Å². The molecule has 1 unspecified atom stereocenters. The molecular formula is C20H35N3. The Hall–Kier alpha value is -0.120. The molecule has 2 heterocycles. The fraction of sp³-hybridized carbons (Fsp3) is 1.00. The highest BCUT2D eigenvalue weighted by Crippen LogP contribution is 2.61. The molecule has 6 aliphatic rings. The molecular weight excluding hydrogens is 282 g/mol. The van der Waals surface area contributed by atoms with Crippen LogP contribution in [0.25, 0.3) is 0 Å². The summed E-state index contributed by atoms with van der Waals surface area (Å²) in [5.74, 6) is 3.36. The summed E-state index contributed by atoms with van der Waals surface area (Å²) in [7, 11) is 0. The van der Waals surface area contributed by atoms with Crippen LogP contribution in [0, 0.1) is 23.2 Å². The average Bonchev–Trinajstić information content (AvgIpc) is 3.07. The van der Waals surface area contributed by atoms with Crippen LogP contribution in [0.5, 0.6) is 0 Å². The predicted octanol–water partition coefficient (Wildman–Crippen LogP) is 2.57. The van der Waals surface area contributed by atoms with Crippen molar-refractivity contribution in [2.45, 2.75) is 57.4 Å². The second-order valence-corrected chi connectivity index (χ2v) is 9.69. The van der Waals surface area contributed by atoms with Gasteiger partial charge in [0.1, 0.15) is 0 Å². The second-order valence-electron chi connectivity index (χ2n) is 9.69. The minimum Gasteiger partial charge on any atom is -0.315 e. The normalized spacial score (nSPS) is 47.5. The van der Waals surface area contributed by atoms with Crippen molar-refractivity contribution >= 4 is 0 Å². The van der Waals surface area contributed by atoms with Crippen molar-refractivity contribution in [1.82, 2.24) is 15.1 Å². The number of piperazine rings is 1. The van der Waals surface area contributed by atoms with Crippen molar-refractivity contribution in [1.29, 1.82) is 0 Å². The zero-order valence-electron chi connectivity index (χ0n) is 14.8. The van der Waals surface area contributed by atoms with Crippen molar-refractivity contribution in [2.24, 2.45) is 23.2 Å². The highest BCUT2D eigenvalue weighted by molar-refractivity contribution is 5.01. The van der Waals surface area contributed by atoms with E-state index in [1.54, 1.807) is 38.5 Å². The second kappa shape index (κ2) is 6.00. The van der Waals surface area contributed by atoms with E-state index in [1.165, 1.54) is 58.7 Å². The molecule has 4 saturated carbocycles. The van der Waals surface area contributed by atoms with Gasteiger partial charge in [0.25, 0.3) is 0 Å². The maximum atomic E-state index is 3.53. The van der Waals surface area contributed by atoms with Crippen LogP contribution in [-0.2, 0) is 0 Å². The molecule has 2 aliphatic heterocycles. The maximum absolute atomic E-state index is 3.53. The maximum Gasteiger partial charge on any atom is 0.0233 e. The molecule has 23 heavy (non-hydrogen) atoms. The molecule has 4 bridgehead atoms. The molecule has 2 saturated heterocycles. The fourth-order valence-electron chi connectivity index (χ4n) is 7.29. The number of hydrogen-bond acceptors (Lipinski definition) is 3. The highest BCUT2D eigenvalue weighted by Gasteiger charge is 2.50. The zero-order chi connectivity index (χ0) is 15.3. The van der Waals surface area contributed by atoms with Crippen LogP contribution in [0.15, 0.2) is 0 Å². The Morgan fingerprint density at radius 2 is 1.52 bits per heavy atom. The van der Waals surface area contributed by atoms with Gasteiger partial charge in [0, 0.05) is 38.8 Å². The van der Waals surface area contributed by atoms with Crippen LogP contribution in [0.1, 0.15) is 51.4 Å². The van der Waals surface area contributed by atoms with Crippen LogP contribution in [0.3, 0.4) is 0 Å². The Morgan fingerprint density at radius 1 is 0.870 bits per heavy atom. The number of rotatable bonds is 4. The number of nitrogens with one attached hydrogen (secondary N) is 1. The number of hydrogen-bond donors (Lipinski definition) is 1. The van der Waals surface area contributed by atoms with Gasteiger partial charge >= 0.3 is 0 Å². The lowest BCUT2D eigenvalue weighted by atomic mass is 9.49. The molecule has 3 nitrogen and oxygen atoms in total. The molecule has 0 radical (unpaired) electrons. The van der Waals surface area contributed by atoms with Gasteiger partial charge in [-0.15, -0.1) is 0 Å². The first-order valence-corrected chi connectivity index (χ1v) is 10.5. The summed E-state index contributed by atoms with van der Waals surface area (Å²) >= 11 is 0. The minimum absolute atomic E-state index is 0.779. The lowest BCUT2D eigenvalue weighted by Gasteiger charge is -2.57. The molecule has 3 heteroatoms. The Morgan fingerprint density at radius 3 is 2.09 bits per heavy atom. The Balaban J connectivity index is 1.12. The van der Waals surface area contributed by atoms with Crippen molar-refractivity contribution in [3.8, 4) is 0 Å². The van der Waals surface area contributed by atoms with Crippen molar-refractivity contribution < 1.29 is 0 Å². The van der Waals surface area contributed by atoms with Gasteiger partial charge in [0.15, 0.2) is 0 Å². The molecule has 130 valence electrons. The third-order valence-electron chi connectivity index (χ3n) is 8.08. The van der Waals surface area contributed by atoms with Gasteiger partial charge < -0.3 is 10.2 Å². The molecule has 6 fully saturated rings. The molecule has 0 aromatic carbocycles. The van der Waals surface area contributed by atoms with E-state index in [2.05, 4.69) is 15.1 Å². The third-order valence-corrected chi connectivity index (χ3v) is 8.08. The quantitative estimate of drug-likeness (QED) is 0.860. The Bertz CT molecular complexity index is 385. The van der Waals surface area contributed by atoms with Gasteiger partial charge in [0.05, 0.1) is 0 Å². The van der Waals surface area contributed by atoms with Gasteiger partial charge in [-0.2, -0.15) is 0 Å². The van der Waals surface area contributed by atoms with Crippen LogP contribution in [0.4, 0.5) is 0 Å². The van der Waals surface area contributed by atoms with Gasteiger partial charge in [-0.05, 0) is 87.6 Å². The summed E-state index contributed by atoms with van der Waals surface area (Å²) in [4.78, 5) is 5.54. The van der Waals surface area contributed by atoms with E-state index in [9.17, 15) is 0 Å². The van der Waals surface area contributed by atoms with Crippen molar-refractivity contribution in [3.63, 3.8) is 0 Å². The van der Waals surface area contributed by atoms with Crippen molar-refractivity contribution in [3.05, 3.63) is 0 Å². The van der Waals surface area contributed by atoms with Crippen LogP contribution in [0.2, 0.25) is 0 Å². The zero-order valence-corrected chi connectivity index (χ0v) is 14.8. The molecule has 0 spiro atoms. The van der Waals surface area contributed by atoms with E-state index in [4.69, 9.17) is 0 Å². The first-order chi connectivity index (χ1) is 11.3. The van der Waals surface area contributed by atoms with Gasteiger partial charge in [-0.3, -0.25) is 4.90 Å². The van der Waals surface area contributed by atoms with Crippen molar-refractivity contribution in [2.75, 3.05) is 45.8 Å². The summed E-state index contributed by atoms with van der Waals surface area (Å²) in [6, 6.07) is 0.834. The largest absolute Gasteiger partial charge is 0.315 e. The Labute approximate surface area is 142 Å². The van der Waals surface area contributed by atoms with Crippen LogP contribution in [-0.4, -0.2) is 61.7 Å². The van der Waals surface area contributed by atoms with E-state index in [1.807, 2.05) is 0 Å². The fourth-order valence-corrected chi connectivity index (χ4v) is 7.29. The monoisotopic (exact) mass is 317 g/mol. The summed E-state index contributed by atoms with van der Waals surface area (Å²) in [6.07, 6.45) is 12.4. The molecule has 1 atom stereocenters. The smallest absolute Gasteiger partial charge is 0.0233 e. The lowest BCUT2D eigenvalue weighted by molar-refractivity contribution is -0.0625. The van der Waals surface area contributed by atoms with E-state index < -0.39 is 0 Å². The van der Waals surface area contributed by atoms with Gasteiger partial charge in [-0.25, -0.2) is 0 Å².